The average Bonchev–Trinajstić information content (AvgIpc) is 1.28. The molecule has 0 amide bonds. The van der Waals surface area contributed by atoms with Crippen LogP contribution in [0.4, 0.5) is 0 Å². The number of furan rings is 1. The molecule has 0 saturated carbocycles. The number of fused-ring (bicyclic) bond motifs is 13. The van der Waals surface area contributed by atoms with Gasteiger partial charge in [-0.3, -0.25) is 4.57 Å². The monoisotopic (exact) mass is 1630 g/mol. The molecule has 14 aromatic carbocycles. The molecular formula is C102H80N4O2PtSi-2. The minimum atomic E-state index is -6.27. The van der Waals surface area contributed by atoms with Crippen LogP contribution in [0.2, 0.25) is 0 Å². The Morgan fingerprint density at radius 2 is 0.991 bits per heavy atom. The van der Waals surface area contributed by atoms with Gasteiger partial charge in [-0.1, -0.05) is 304 Å². The van der Waals surface area contributed by atoms with Crippen molar-refractivity contribution in [2.45, 2.75) is 78.6 Å². The van der Waals surface area contributed by atoms with Crippen LogP contribution >= 0.6 is 0 Å². The summed E-state index contributed by atoms with van der Waals surface area (Å²) in [7, 11) is -6.27. The van der Waals surface area contributed by atoms with E-state index in [0.717, 1.165) is 94.1 Å². The average molecular weight is 1640 g/mol. The molecular weight excluding hydrogens is 1540 g/mol. The van der Waals surface area contributed by atoms with Crippen LogP contribution in [0.25, 0.3) is 139 Å². The van der Waals surface area contributed by atoms with Gasteiger partial charge in [-0.2, -0.15) is 18.2 Å². The molecule has 1 aliphatic rings. The summed E-state index contributed by atoms with van der Waals surface area (Å²) in [6.45, 7) is 19.5. The third-order valence-electron chi connectivity index (χ3n) is 21.0. The number of benzene rings is 14. The standard InChI is InChI=1S/C102H80N4O2Si.Pt/c1-100(2,3)71-52-53-103-97(62-71)106-92-44-23-21-40-85(92)86-50-48-76(64-93(86)106)107-75-30-26-29-74(63-75)104-65-105-98-81(70-54-72(101(4,5)6)61-73(55-70)102(7,8)9)42-27-43-88(98)89-57-67(66-28-25-37-80(56-66)109(77-31-13-10-14-32-77,78-33-15-11-16-34-78)79-35-17-12-18-36-79)46-49-84(89)82-38-19-20-39-83(82)91-59-69(60-94(104)99(91)105)68-47-51-96-90(58-68)87-41-22-24-45-95(87)108-96;/h10-62H,1-9H3;/q-2;/i10D,11D,12D,13D,14D,15D,16D,17D,18D,25D,28D,31D,32D,33D,34D,35D,36D,37D,56D;. The van der Waals surface area contributed by atoms with Crippen molar-refractivity contribution < 1.29 is 60.8 Å². The van der Waals surface area contributed by atoms with Crippen molar-refractivity contribution in [2.24, 2.45) is 0 Å². The van der Waals surface area contributed by atoms with E-state index in [9.17, 15) is 21.9 Å². The number of para-hydroxylation sites is 3. The molecule has 536 valence electrons. The predicted octanol–water partition coefficient (Wildman–Crippen LogP) is 23.1. The molecule has 0 aliphatic carbocycles. The summed E-state index contributed by atoms with van der Waals surface area (Å²) in [5.74, 6) is 1.48. The van der Waals surface area contributed by atoms with Crippen LogP contribution in [-0.2, 0) is 37.3 Å². The van der Waals surface area contributed by atoms with Crippen LogP contribution in [0.5, 0.6) is 11.5 Å². The van der Waals surface area contributed by atoms with Crippen molar-refractivity contribution in [3.05, 3.63) is 356 Å². The minimum Gasteiger partial charge on any atom is -0.510 e. The van der Waals surface area contributed by atoms with Gasteiger partial charge in [-0.05, 0) is 180 Å². The van der Waals surface area contributed by atoms with Crippen LogP contribution in [0, 0.1) is 18.5 Å². The number of imidazole rings is 1. The molecule has 0 atom stereocenters. The van der Waals surface area contributed by atoms with Gasteiger partial charge in [0.2, 0.25) is 0 Å². The van der Waals surface area contributed by atoms with E-state index in [1.54, 1.807) is 12.1 Å². The van der Waals surface area contributed by atoms with Crippen LogP contribution in [-0.4, -0.2) is 22.2 Å². The number of aromatic nitrogens is 4. The number of hydrogen-bond donors (Lipinski definition) is 0. The summed E-state index contributed by atoms with van der Waals surface area (Å²) in [6.07, 6.45) is 5.81. The second-order valence-corrected chi connectivity index (χ2v) is 34.4. The Balaban J connectivity index is 0.0000112. The Kier molecular flexibility index (Phi) is 12.6. The van der Waals surface area contributed by atoms with Crippen molar-refractivity contribution >= 4 is 83.6 Å². The number of nitrogens with zero attached hydrogens (tertiary/aromatic N) is 4. The number of rotatable bonds is 11. The fourth-order valence-electron chi connectivity index (χ4n) is 15.5. The van der Waals surface area contributed by atoms with E-state index in [1.165, 1.54) is 0 Å². The van der Waals surface area contributed by atoms with Crippen LogP contribution in [0.15, 0.2) is 326 Å². The molecule has 6 nitrogen and oxygen atoms in total. The maximum Gasteiger partial charge on any atom is 0.268 e. The molecule has 0 N–H and O–H groups in total. The molecule has 0 unspecified atom stereocenters. The van der Waals surface area contributed by atoms with Gasteiger partial charge in [0, 0.05) is 55.1 Å². The molecule has 5 heterocycles. The fraction of sp³-hybridized carbons (Fsp3) is 0.118. The first-order valence-corrected chi connectivity index (χ1v) is 38.3. The Labute approximate surface area is 685 Å². The quantitative estimate of drug-likeness (QED) is 0.0561. The fourth-order valence-corrected chi connectivity index (χ4v) is 19.1. The van der Waals surface area contributed by atoms with Crippen molar-refractivity contribution in [3.63, 3.8) is 0 Å². The van der Waals surface area contributed by atoms with Crippen molar-refractivity contribution in [2.75, 3.05) is 0 Å². The summed E-state index contributed by atoms with van der Waals surface area (Å²) in [4.78, 5) is 4.94. The largest absolute Gasteiger partial charge is 0.510 e. The molecule has 4 aromatic heterocycles. The zero-order valence-corrected chi connectivity index (χ0v) is 64.8. The topological polar surface area (TPSA) is 49.0 Å². The van der Waals surface area contributed by atoms with E-state index < -0.39 is 160 Å². The van der Waals surface area contributed by atoms with Crippen LogP contribution < -0.4 is 30.1 Å². The normalized spacial score (nSPS) is 14.8. The summed E-state index contributed by atoms with van der Waals surface area (Å²) >= 11 is 0. The second kappa shape index (κ2) is 27.0. The van der Waals surface area contributed by atoms with Crippen LogP contribution in [0.1, 0.15) is 105 Å². The Morgan fingerprint density at radius 3 is 1.70 bits per heavy atom. The first-order valence-electron chi connectivity index (χ1n) is 45.8. The van der Waals surface area contributed by atoms with E-state index in [4.69, 9.17) is 18.3 Å². The SMILES string of the molecule is [2H]c1c([2H])c([2H])c([Si](c2c([2H])c([2H])c([2H])c([2H])c2[2H])(c2c([2H])c([2H])c([2H])c([2H])c2[2H])c2c([2H])c([2H])c([2H])c(-c3ccc4c(c3)-c3cccc(-c5cc(C(C)(C)C)cc(C(C)(C)C)c5)c3-[n+]3[c-]n(-c5[c-]c(Oc6[c-]c7c(cc6)c6ccccc6n7-c6cc(C(C)(C)C)ccn6)ccc5)c5cc(-c6ccc7oc8ccccc8c7c6)cc(c53)-c3ccccc3-4)c2[2H])c([2H])c1[2H].[Pt]. The third kappa shape index (κ3) is 11.9. The van der Waals surface area contributed by atoms with E-state index in [-0.39, 0.29) is 32.0 Å². The maximum absolute atomic E-state index is 11.1. The van der Waals surface area contributed by atoms with Gasteiger partial charge >= 0.3 is 0 Å². The zero-order valence-electron chi connectivity index (χ0n) is 80.6. The summed E-state index contributed by atoms with van der Waals surface area (Å²) in [5, 5.41) is 0.0722. The third-order valence-corrected chi connectivity index (χ3v) is 25.0. The summed E-state index contributed by atoms with van der Waals surface area (Å²) in [6, 6.07) is 53.8. The van der Waals surface area contributed by atoms with Gasteiger partial charge in [0.15, 0.2) is 8.07 Å². The molecule has 0 radical (unpaired) electrons. The van der Waals surface area contributed by atoms with E-state index in [1.807, 2.05) is 138 Å². The molecule has 19 rings (SSSR count). The minimum absolute atomic E-state index is 0. The van der Waals surface area contributed by atoms with Gasteiger partial charge in [-0.25, -0.2) is 4.98 Å². The van der Waals surface area contributed by atoms with Crippen molar-refractivity contribution in [1.29, 1.82) is 0 Å². The second-order valence-electron chi connectivity index (χ2n) is 30.9. The molecule has 110 heavy (non-hydrogen) atoms. The maximum atomic E-state index is 11.1. The van der Waals surface area contributed by atoms with Crippen LogP contribution in [0.3, 0.4) is 0 Å². The molecule has 0 bridgehead atoms. The molecule has 1 aliphatic heterocycles. The van der Waals surface area contributed by atoms with Gasteiger partial charge in [-0.15, -0.1) is 29.7 Å². The molecule has 18 aromatic rings. The predicted molar refractivity (Wildman–Crippen MR) is 453 cm³/mol. The van der Waals surface area contributed by atoms with E-state index >= 15 is 0 Å². The van der Waals surface area contributed by atoms with Gasteiger partial charge in [0.25, 0.3) is 6.33 Å². The number of hydrogen-bond acceptors (Lipinski definition) is 3. The number of pyridine rings is 1. The Bertz CT molecular complexity index is 7610. The van der Waals surface area contributed by atoms with Gasteiger partial charge < -0.3 is 18.3 Å². The summed E-state index contributed by atoms with van der Waals surface area (Å²) < 4.78 is 204. The smallest absolute Gasteiger partial charge is 0.268 e. The van der Waals surface area contributed by atoms with Crippen molar-refractivity contribution in [3.8, 4) is 95.5 Å². The van der Waals surface area contributed by atoms with Gasteiger partial charge in [0.05, 0.1) is 42.8 Å². The summed E-state index contributed by atoms with van der Waals surface area (Å²) in [5.41, 5.74) is 14.3. The Hall–Kier alpha value is -12.0. The molecule has 0 spiro atoms. The van der Waals surface area contributed by atoms with Gasteiger partial charge in [0.1, 0.15) is 17.0 Å². The first kappa shape index (κ1) is 51.4. The first-order chi connectivity index (χ1) is 60.8. The molecule has 8 heteroatoms. The van der Waals surface area contributed by atoms with Crippen molar-refractivity contribution in [1.82, 2.24) is 14.1 Å². The molecule has 0 fully saturated rings. The zero-order chi connectivity index (χ0) is 90.6. The number of ether oxygens (including phenoxy) is 1. The molecule has 0 saturated heterocycles. The van der Waals surface area contributed by atoms with E-state index in [0.29, 0.717) is 61.7 Å². The van der Waals surface area contributed by atoms with E-state index in [2.05, 4.69) is 151 Å². The Morgan fingerprint density at radius 1 is 0.409 bits per heavy atom.